The number of ether oxygens (including phenoxy) is 1. The number of amides is 2. The largest absolute Gasteiger partial charge is 0.377 e. The Morgan fingerprint density at radius 2 is 1.83 bits per heavy atom. The highest BCUT2D eigenvalue weighted by Gasteiger charge is 2.52. The van der Waals surface area contributed by atoms with E-state index in [2.05, 4.69) is 32.7 Å². The number of nitrogens with zero attached hydrogens (tertiary/aromatic N) is 4. The number of urea groups is 1. The van der Waals surface area contributed by atoms with E-state index in [0.717, 1.165) is 6.42 Å². The topological polar surface area (TPSA) is 142 Å². The summed E-state index contributed by atoms with van der Waals surface area (Å²) in [7, 11) is -3.72. The van der Waals surface area contributed by atoms with Gasteiger partial charge in [0.15, 0.2) is 15.7 Å². The average molecular weight is 588 g/mol. The van der Waals surface area contributed by atoms with Gasteiger partial charge in [-0.05, 0) is 69.5 Å². The summed E-state index contributed by atoms with van der Waals surface area (Å²) < 4.78 is 32.7. The lowest BCUT2D eigenvalue weighted by Crippen LogP contribution is -2.46. The molecule has 2 amide bonds. The predicted molar refractivity (Wildman–Crippen MR) is 160 cm³/mol. The van der Waals surface area contributed by atoms with E-state index in [-0.39, 0.29) is 6.04 Å². The molecule has 2 aliphatic rings. The first kappa shape index (κ1) is 27.9. The molecule has 6 rings (SSSR count). The van der Waals surface area contributed by atoms with Crippen molar-refractivity contribution in [2.75, 3.05) is 35.3 Å². The van der Waals surface area contributed by atoms with Crippen LogP contribution in [-0.4, -0.2) is 60.4 Å². The second-order valence-electron chi connectivity index (χ2n) is 10.8. The van der Waals surface area contributed by atoms with Crippen molar-refractivity contribution in [3.8, 4) is 11.4 Å². The molecule has 2 fully saturated rings. The van der Waals surface area contributed by atoms with E-state index in [1.54, 1.807) is 49.5 Å². The van der Waals surface area contributed by atoms with Gasteiger partial charge >= 0.3 is 6.03 Å². The fraction of sp³-hybridized carbons (Fsp3) is 0.333. The Bertz CT molecular complexity index is 1690. The molecule has 1 aliphatic carbocycles. The van der Waals surface area contributed by atoms with Gasteiger partial charge < -0.3 is 20.3 Å². The van der Waals surface area contributed by atoms with Gasteiger partial charge in [-0.1, -0.05) is 18.2 Å². The molecule has 0 spiro atoms. The van der Waals surface area contributed by atoms with Crippen molar-refractivity contribution >= 4 is 33.1 Å². The van der Waals surface area contributed by atoms with Crippen molar-refractivity contribution < 1.29 is 17.9 Å². The number of benzene rings is 2. The number of carbonyl (C=O) groups is 1. The highest BCUT2D eigenvalue weighted by atomic mass is 32.2. The highest BCUT2D eigenvalue weighted by molar-refractivity contribution is 7.92. The average Bonchev–Trinajstić information content (AvgIpc) is 3.37. The van der Waals surface area contributed by atoms with E-state index in [4.69, 9.17) is 14.7 Å². The number of morpholine rings is 1. The van der Waals surface area contributed by atoms with Crippen molar-refractivity contribution in [1.82, 2.24) is 20.2 Å². The number of carbonyl (C=O) groups excluding carboxylic acids is 1. The molecule has 12 heteroatoms. The number of aromatic nitrogens is 4. The maximum Gasteiger partial charge on any atom is 0.323 e. The molecule has 0 bridgehead atoms. The van der Waals surface area contributed by atoms with Gasteiger partial charge in [0.2, 0.25) is 0 Å². The SMILES string of the molecule is Cc1n[nH]cc1NC(=O)Nc1ccc(-c2nc(N3CCOC[C@@H]3C)cc(C3(S(=O)(=O)c4ccccc4)CCC3)n2)cc1. The van der Waals surface area contributed by atoms with Crippen molar-refractivity contribution in [3.05, 3.63) is 78.2 Å². The van der Waals surface area contributed by atoms with Crippen LogP contribution in [0.2, 0.25) is 0 Å². The van der Waals surface area contributed by atoms with E-state index < -0.39 is 20.6 Å². The Morgan fingerprint density at radius 3 is 2.48 bits per heavy atom. The van der Waals surface area contributed by atoms with Gasteiger partial charge in [0.1, 0.15) is 10.6 Å². The molecular weight excluding hydrogens is 554 g/mol. The Morgan fingerprint density at radius 1 is 1.07 bits per heavy atom. The zero-order valence-electron chi connectivity index (χ0n) is 23.5. The quantitative estimate of drug-likeness (QED) is 0.277. The Balaban J connectivity index is 1.35. The third-order valence-electron chi connectivity index (χ3n) is 8.05. The number of H-pyrrole nitrogens is 1. The summed E-state index contributed by atoms with van der Waals surface area (Å²) >= 11 is 0. The van der Waals surface area contributed by atoms with Crippen LogP contribution in [0.15, 0.2) is 71.8 Å². The Kier molecular flexibility index (Phi) is 7.42. The van der Waals surface area contributed by atoms with Crippen molar-refractivity contribution in [2.45, 2.75) is 48.8 Å². The fourth-order valence-electron chi connectivity index (χ4n) is 5.47. The number of sulfone groups is 1. The molecule has 0 radical (unpaired) electrons. The van der Waals surface area contributed by atoms with Crippen LogP contribution in [0.5, 0.6) is 0 Å². The zero-order valence-corrected chi connectivity index (χ0v) is 24.3. The fourth-order valence-corrected chi connectivity index (χ4v) is 7.64. The zero-order chi connectivity index (χ0) is 29.3. The third kappa shape index (κ3) is 5.12. The van der Waals surface area contributed by atoms with Crippen LogP contribution >= 0.6 is 0 Å². The van der Waals surface area contributed by atoms with Crippen LogP contribution in [-0.2, 0) is 19.3 Å². The minimum absolute atomic E-state index is 0.0707. The molecule has 1 saturated heterocycles. The van der Waals surface area contributed by atoms with E-state index in [1.165, 1.54) is 0 Å². The lowest BCUT2D eigenvalue weighted by molar-refractivity contribution is 0.0985. The van der Waals surface area contributed by atoms with Gasteiger partial charge in [-0.2, -0.15) is 5.10 Å². The molecule has 2 aromatic heterocycles. The Labute approximate surface area is 244 Å². The summed E-state index contributed by atoms with van der Waals surface area (Å²) in [6.07, 6.45) is 3.40. The normalized spacial score (nSPS) is 18.2. The standard InChI is InChI=1S/C30H33N7O4S/c1-20-19-41-16-15-37(20)27-17-26(30(13-6-14-30)42(39,40)24-7-4-3-5-8-24)34-28(35-27)22-9-11-23(12-10-22)32-29(38)33-25-18-31-36-21(25)2/h3-5,7-12,17-18,20H,6,13-16,19H2,1-2H3,(H,31,36)(H2,32,33,38)/t20-/m0/s1. The van der Waals surface area contributed by atoms with Crippen LogP contribution < -0.4 is 15.5 Å². The van der Waals surface area contributed by atoms with Crippen LogP contribution in [0.25, 0.3) is 11.4 Å². The summed E-state index contributed by atoms with van der Waals surface area (Å²) in [5, 5.41) is 12.3. The lowest BCUT2D eigenvalue weighted by atomic mass is 9.81. The van der Waals surface area contributed by atoms with Crippen LogP contribution in [0, 0.1) is 6.92 Å². The van der Waals surface area contributed by atoms with Gasteiger partial charge in [0.25, 0.3) is 0 Å². The molecule has 1 saturated carbocycles. The van der Waals surface area contributed by atoms with Gasteiger partial charge in [-0.15, -0.1) is 0 Å². The minimum atomic E-state index is -3.72. The minimum Gasteiger partial charge on any atom is -0.377 e. The molecule has 42 heavy (non-hydrogen) atoms. The van der Waals surface area contributed by atoms with Gasteiger partial charge in [0.05, 0.1) is 41.2 Å². The van der Waals surface area contributed by atoms with E-state index in [9.17, 15) is 13.2 Å². The van der Waals surface area contributed by atoms with Gasteiger partial charge in [0, 0.05) is 30.1 Å². The third-order valence-corrected chi connectivity index (χ3v) is 10.6. The molecular formula is C30H33N7O4S. The first-order valence-electron chi connectivity index (χ1n) is 14.0. The molecule has 218 valence electrons. The maximum atomic E-state index is 14.1. The first-order chi connectivity index (χ1) is 20.3. The van der Waals surface area contributed by atoms with E-state index in [0.29, 0.717) is 77.5 Å². The molecule has 3 heterocycles. The maximum absolute atomic E-state index is 14.1. The monoisotopic (exact) mass is 587 g/mol. The molecule has 1 atom stereocenters. The number of nitrogens with one attached hydrogen (secondary N) is 3. The van der Waals surface area contributed by atoms with Crippen molar-refractivity contribution in [3.63, 3.8) is 0 Å². The molecule has 2 aromatic carbocycles. The number of hydrogen-bond acceptors (Lipinski definition) is 8. The summed E-state index contributed by atoms with van der Waals surface area (Å²) in [4.78, 5) is 24.7. The predicted octanol–water partition coefficient (Wildman–Crippen LogP) is 4.90. The van der Waals surface area contributed by atoms with Gasteiger partial charge in [-0.3, -0.25) is 5.10 Å². The summed E-state index contributed by atoms with van der Waals surface area (Å²) in [6, 6.07) is 17.3. The molecule has 1 aliphatic heterocycles. The van der Waals surface area contributed by atoms with Crippen LogP contribution in [0.3, 0.4) is 0 Å². The van der Waals surface area contributed by atoms with Crippen molar-refractivity contribution in [2.24, 2.45) is 0 Å². The number of anilines is 3. The summed E-state index contributed by atoms with van der Waals surface area (Å²) in [6.45, 7) is 5.62. The van der Waals surface area contributed by atoms with Gasteiger partial charge in [-0.25, -0.2) is 23.2 Å². The number of aromatic amines is 1. The summed E-state index contributed by atoms with van der Waals surface area (Å²) in [5.74, 6) is 1.11. The molecule has 0 unspecified atom stereocenters. The second kappa shape index (κ2) is 11.2. The first-order valence-corrected chi connectivity index (χ1v) is 15.5. The molecule has 11 nitrogen and oxygen atoms in total. The number of aryl methyl sites for hydroxylation is 1. The van der Waals surface area contributed by atoms with Crippen molar-refractivity contribution in [1.29, 1.82) is 0 Å². The highest BCUT2D eigenvalue weighted by Crippen LogP contribution is 2.51. The van der Waals surface area contributed by atoms with Crippen LogP contribution in [0.4, 0.5) is 22.0 Å². The van der Waals surface area contributed by atoms with Crippen LogP contribution in [0.1, 0.15) is 37.6 Å². The second-order valence-corrected chi connectivity index (χ2v) is 13.0. The van der Waals surface area contributed by atoms with E-state index in [1.807, 2.05) is 24.3 Å². The molecule has 3 N–H and O–H groups in total. The van der Waals surface area contributed by atoms with E-state index >= 15 is 0 Å². The lowest BCUT2D eigenvalue weighted by Gasteiger charge is -2.41. The number of rotatable bonds is 7. The summed E-state index contributed by atoms with van der Waals surface area (Å²) in [5.41, 5.74) is 3.07. The smallest absolute Gasteiger partial charge is 0.323 e. The number of hydrogen-bond donors (Lipinski definition) is 3. The Hall–Kier alpha value is -4.29. The molecule has 4 aromatic rings.